The average molecular weight is 320 g/mol. The van der Waals surface area contributed by atoms with Gasteiger partial charge in [0.05, 0.1) is 18.5 Å². The van der Waals surface area contributed by atoms with E-state index in [-0.39, 0.29) is 12.0 Å². The first kappa shape index (κ1) is 19.0. The molecule has 1 aliphatic heterocycles. The van der Waals surface area contributed by atoms with E-state index in [0.29, 0.717) is 17.9 Å². The van der Waals surface area contributed by atoms with Gasteiger partial charge in [-0.05, 0) is 30.6 Å². The predicted molar refractivity (Wildman–Crippen MR) is 93.6 cm³/mol. The molecule has 0 spiro atoms. The Hall–Kier alpha value is -2.01. The molecule has 1 heterocycles. The molecule has 2 atom stereocenters. The van der Waals surface area contributed by atoms with E-state index < -0.39 is 6.67 Å². The first-order valence-corrected chi connectivity index (χ1v) is 7.67. The normalized spacial score (nSPS) is 19.6. The van der Waals surface area contributed by atoms with E-state index in [0.717, 1.165) is 12.0 Å². The second-order valence-electron chi connectivity index (χ2n) is 5.08. The lowest BCUT2D eigenvalue weighted by molar-refractivity contribution is 0.000191. The summed E-state index contributed by atoms with van der Waals surface area (Å²) < 4.78 is 18.0. The topological polar surface area (TPSA) is 43.2 Å². The molecule has 0 bridgehead atoms. The molecule has 0 saturated heterocycles. The van der Waals surface area contributed by atoms with Gasteiger partial charge >= 0.3 is 0 Å². The molecule has 0 radical (unpaired) electrons. The Bertz CT molecular complexity index is 533. The van der Waals surface area contributed by atoms with E-state index in [1.807, 2.05) is 25.2 Å². The molecule has 0 fully saturated rings. The molecule has 0 aromatic heterocycles. The number of rotatable bonds is 9. The van der Waals surface area contributed by atoms with Gasteiger partial charge in [0.15, 0.2) is 0 Å². The molecule has 23 heavy (non-hydrogen) atoms. The highest BCUT2D eigenvalue weighted by Gasteiger charge is 2.11. The maximum absolute atomic E-state index is 12.9. The van der Waals surface area contributed by atoms with Crippen LogP contribution in [-0.2, 0) is 9.57 Å². The number of allylic oxidation sites excluding steroid dienone is 6. The van der Waals surface area contributed by atoms with Gasteiger partial charge in [0.2, 0.25) is 0 Å². The number of hydrogen-bond acceptors (Lipinski definition) is 4. The summed E-state index contributed by atoms with van der Waals surface area (Å²) in [6.45, 7) is 7.75. The molecule has 0 amide bonds. The fourth-order valence-corrected chi connectivity index (χ4v) is 1.98. The maximum atomic E-state index is 12.9. The van der Waals surface area contributed by atoms with Gasteiger partial charge in [-0.25, -0.2) is 4.39 Å². The SMILES string of the molecule is C=C(/C(=C\C)CF)C1C=CN=C(/C=N/OC(CC)COC)C=C1. The standard InChI is InChI=1S/C18H25FN2O2/c1-5-15(11-19)14(3)16-7-8-17(20-10-9-16)12-21-23-18(6-2)13-22-4/h5,7-10,12,16,18H,3,6,11,13H2,1-2,4H3/b15-5-,21-12+. The summed E-state index contributed by atoms with van der Waals surface area (Å²) in [5.41, 5.74) is 2.00. The number of hydrogen-bond donors (Lipinski definition) is 0. The van der Waals surface area contributed by atoms with Gasteiger partial charge in [0.1, 0.15) is 12.8 Å². The minimum atomic E-state index is -0.519. The molecule has 2 unspecified atom stereocenters. The summed E-state index contributed by atoms with van der Waals surface area (Å²) >= 11 is 0. The van der Waals surface area contributed by atoms with Crippen LogP contribution in [0.2, 0.25) is 0 Å². The largest absolute Gasteiger partial charge is 0.390 e. The van der Waals surface area contributed by atoms with Crippen molar-refractivity contribution in [3.05, 3.63) is 48.2 Å². The average Bonchev–Trinajstić information content (AvgIpc) is 2.80. The van der Waals surface area contributed by atoms with Gasteiger partial charge in [-0.15, -0.1) is 0 Å². The van der Waals surface area contributed by atoms with Crippen LogP contribution >= 0.6 is 0 Å². The minimum absolute atomic E-state index is 0.0727. The Balaban J connectivity index is 2.66. The van der Waals surface area contributed by atoms with Crippen molar-refractivity contribution >= 4 is 11.9 Å². The first-order chi connectivity index (χ1) is 11.2. The van der Waals surface area contributed by atoms with E-state index >= 15 is 0 Å². The van der Waals surface area contributed by atoms with Gasteiger partial charge in [0.25, 0.3) is 0 Å². The second-order valence-corrected chi connectivity index (χ2v) is 5.08. The van der Waals surface area contributed by atoms with Crippen LogP contribution in [0.25, 0.3) is 0 Å². The first-order valence-electron chi connectivity index (χ1n) is 7.67. The van der Waals surface area contributed by atoms with E-state index in [2.05, 4.69) is 16.7 Å². The van der Waals surface area contributed by atoms with Gasteiger partial charge in [-0.2, -0.15) is 0 Å². The minimum Gasteiger partial charge on any atom is -0.390 e. The van der Waals surface area contributed by atoms with E-state index in [1.54, 1.807) is 32.5 Å². The zero-order chi connectivity index (χ0) is 17.1. The van der Waals surface area contributed by atoms with Crippen LogP contribution < -0.4 is 0 Å². The van der Waals surface area contributed by atoms with Gasteiger partial charge in [-0.1, -0.05) is 36.9 Å². The van der Waals surface area contributed by atoms with Crippen molar-refractivity contribution in [3.63, 3.8) is 0 Å². The molecule has 0 aliphatic carbocycles. The number of methoxy groups -OCH3 is 1. The fraction of sp³-hybridized carbons (Fsp3) is 0.444. The Morgan fingerprint density at radius 2 is 2.30 bits per heavy atom. The van der Waals surface area contributed by atoms with E-state index in [1.165, 1.54) is 0 Å². The molecule has 1 aliphatic rings. The van der Waals surface area contributed by atoms with Crippen LogP contribution in [0.15, 0.2) is 58.4 Å². The van der Waals surface area contributed by atoms with Crippen LogP contribution in [-0.4, -0.2) is 38.4 Å². The number of oxime groups is 1. The van der Waals surface area contributed by atoms with Crippen molar-refractivity contribution in [2.24, 2.45) is 16.1 Å². The third-order valence-corrected chi connectivity index (χ3v) is 3.50. The highest BCUT2D eigenvalue weighted by molar-refractivity contribution is 6.35. The number of halogens is 1. The third kappa shape index (κ3) is 6.32. The van der Waals surface area contributed by atoms with Crippen LogP contribution in [0, 0.1) is 5.92 Å². The number of ether oxygens (including phenoxy) is 1. The van der Waals surface area contributed by atoms with Crippen LogP contribution in [0.4, 0.5) is 4.39 Å². The Morgan fingerprint density at radius 3 is 2.91 bits per heavy atom. The molecule has 4 nitrogen and oxygen atoms in total. The van der Waals surface area contributed by atoms with Crippen molar-refractivity contribution in [1.29, 1.82) is 0 Å². The van der Waals surface area contributed by atoms with Crippen LogP contribution in [0.3, 0.4) is 0 Å². The third-order valence-electron chi connectivity index (χ3n) is 3.50. The predicted octanol–water partition coefficient (Wildman–Crippen LogP) is 4.03. The Labute approximate surface area is 137 Å². The van der Waals surface area contributed by atoms with Crippen molar-refractivity contribution in [2.45, 2.75) is 26.4 Å². The fourth-order valence-electron chi connectivity index (χ4n) is 1.98. The van der Waals surface area contributed by atoms with Crippen molar-refractivity contribution in [2.75, 3.05) is 20.4 Å². The summed E-state index contributed by atoms with van der Waals surface area (Å²) in [7, 11) is 1.63. The van der Waals surface area contributed by atoms with Crippen molar-refractivity contribution in [3.8, 4) is 0 Å². The van der Waals surface area contributed by atoms with Gasteiger partial charge < -0.3 is 9.57 Å². The Morgan fingerprint density at radius 1 is 1.52 bits per heavy atom. The summed E-state index contributed by atoms with van der Waals surface area (Å²) in [6.07, 6.45) is 11.3. The van der Waals surface area contributed by atoms with Crippen LogP contribution in [0.1, 0.15) is 20.3 Å². The molecule has 5 heteroatoms. The lowest BCUT2D eigenvalue weighted by atomic mass is 9.93. The number of alkyl halides is 1. The second kappa shape index (κ2) is 10.7. The lowest BCUT2D eigenvalue weighted by Crippen LogP contribution is -2.15. The monoisotopic (exact) mass is 320 g/mol. The highest BCUT2D eigenvalue weighted by Crippen LogP contribution is 2.22. The molecular weight excluding hydrogens is 295 g/mol. The smallest absolute Gasteiger partial charge is 0.150 e. The molecule has 0 saturated carbocycles. The van der Waals surface area contributed by atoms with Gasteiger partial charge in [0, 0.05) is 19.2 Å². The van der Waals surface area contributed by atoms with Crippen molar-refractivity contribution < 1.29 is 14.0 Å². The summed E-state index contributed by atoms with van der Waals surface area (Å²) in [5.74, 6) is -0.0793. The molecule has 1 rings (SSSR count). The zero-order valence-corrected chi connectivity index (χ0v) is 14.0. The maximum Gasteiger partial charge on any atom is 0.150 e. The summed E-state index contributed by atoms with van der Waals surface area (Å²) in [5, 5.41) is 3.95. The molecule has 0 aromatic carbocycles. The summed E-state index contributed by atoms with van der Waals surface area (Å²) in [4.78, 5) is 9.62. The van der Waals surface area contributed by atoms with E-state index in [9.17, 15) is 4.39 Å². The lowest BCUT2D eigenvalue weighted by Gasteiger charge is -2.12. The van der Waals surface area contributed by atoms with E-state index in [4.69, 9.17) is 9.57 Å². The summed E-state index contributed by atoms with van der Waals surface area (Å²) in [6, 6.07) is 0. The molecule has 0 N–H and O–H groups in total. The number of aliphatic imine (C=N–C) groups is 1. The molecule has 0 aromatic rings. The van der Waals surface area contributed by atoms with Crippen molar-refractivity contribution in [1.82, 2.24) is 0 Å². The number of nitrogens with zero attached hydrogens (tertiary/aromatic N) is 2. The zero-order valence-electron chi connectivity index (χ0n) is 14.0. The van der Waals surface area contributed by atoms with Crippen LogP contribution in [0.5, 0.6) is 0 Å². The highest BCUT2D eigenvalue weighted by atomic mass is 19.1. The molecular formula is C18H25FN2O2. The van der Waals surface area contributed by atoms with Gasteiger partial charge in [-0.3, -0.25) is 4.99 Å². The Kier molecular flexibility index (Phi) is 8.83. The molecule has 126 valence electrons. The quantitative estimate of drug-likeness (QED) is 0.366.